The highest BCUT2D eigenvalue weighted by Gasteiger charge is 2.58. The molecule has 0 spiro atoms. The van der Waals surface area contributed by atoms with E-state index in [9.17, 15) is 4.79 Å². The number of Topliss-reactive ketones (excluding diaryl/α,β-unsaturated/α-hetero) is 1. The number of rotatable bonds is 3. The summed E-state index contributed by atoms with van der Waals surface area (Å²) < 4.78 is 5.41. The van der Waals surface area contributed by atoms with Crippen LogP contribution in [-0.2, 0) is 4.79 Å². The maximum Gasteiger partial charge on any atom is 0.139 e. The normalized spacial score (nSPS) is 35.0. The van der Waals surface area contributed by atoms with Crippen molar-refractivity contribution in [2.75, 3.05) is 7.11 Å². The van der Waals surface area contributed by atoms with Crippen LogP contribution in [0.3, 0.4) is 0 Å². The van der Waals surface area contributed by atoms with E-state index in [1.54, 1.807) is 12.7 Å². The summed E-state index contributed by atoms with van der Waals surface area (Å²) in [7, 11) is 1.71. The van der Waals surface area contributed by atoms with Crippen LogP contribution in [0.5, 0.6) is 5.75 Å². The summed E-state index contributed by atoms with van der Waals surface area (Å²) >= 11 is 0. The van der Waals surface area contributed by atoms with Crippen molar-refractivity contribution in [3.63, 3.8) is 0 Å². The Morgan fingerprint density at radius 3 is 2.37 bits per heavy atom. The van der Waals surface area contributed by atoms with Crippen LogP contribution < -0.4 is 4.74 Å². The number of benzene rings is 2. The number of methoxy groups -OCH3 is 1. The van der Waals surface area contributed by atoms with E-state index < -0.39 is 0 Å². The van der Waals surface area contributed by atoms with Gasteiger partial charge < -0.3 is 4.74 Å². The Morgan fingerprint density at radius 1 is 0.886 bits per heavy atom. The van der Waals surface area contributed by atoms with Crippen molar-refractivity contribution in [1.29, 1.82) is 0 Å². The molecule has 0 heterocycles. The minimum atomic E-state index is -0.0585. The lowest BCUT2D eigenvalue weighted by Crippen LogP contribution is -2.49. The highest BCUT2D eigenvalue weighted by molar-refractivity contribution is 5.87. The zero-order chi connectivity index (χ0) is 24.2. The highest BCUT2D eigenvalue weighted by atomic mass is 16.5. The molecule has 35 heavy (non-hydrogen) atoms. The van der Waals surface area contributed by atoms with Crippen molar-refractivity contribution < 1.29 is 9.53 Å². The molecule has 5 atom stereocenters. The first kappa shape index (κ1) is 22.6. The molecule has 3 fully saturated rings. The lowest BCUT2D eigenvalue weighted by Gasteiger charge is -2.55. The van der Waals surface area contributed by atoms with Gasteiger partial charge in [0.25, 0.3) is 0 Å². The Balaban J connectivity index is 1.41. The lowest BCUT2D eigenvalue weighted by atomic mass is 9.48. The summed E-state index contributed by atoms with van der Waals surface area (Å²) in [5.74, 6) is 3.31. The molecule has 2 aromatic carbocycles. The Labute approximate surface area is 209 Å². The van der Waals surface area contributed by atoms with Gasteiger partial charge in [0.1, 0.15) is 11.5 Å². The van der Waals surface area contributed by atoms with Gasteiger partial charge >= 0.3 is 0 Å². The Bertz CT molecular complexity index is 1230. The minimum Gasteiger partial charge on any atom is -0.497 e. The number of carbonyl (C=O) groups excluding carboxylic acids is 1. The van der Waals surface area contributed by atoms with E-state index in [4.69, 9.17) is 4.74 Å². The van der Waals surface area contributed by atoms with Gasteiger partial charge in [-0.2, -0.15) is 0 Å². The zero-order valence-electron chi connectivity index (χ0n) is 21.2. The smallest absolute Gasteiger partial charge is 0.139 e. The molecule has 4 aliphatic rings. The van der Waals surface area contributed by atoms with Gasteiger partial charge in [0.15, 0.2) is 0 Å². The number of allylic oxidation sites excluding steroid dienone is 5. The predicted molar refractivity (Wildman–Crippen MR) is 142 cm³/mol. The molecular formula is C33H36O2. The Hall–Kier alpha value is -2.87. The zero-order valence-corrected chi connectivity index (χ0v) is 21.2. The molecule has 0 bridgehead atoms. The second-order valence-electron chi connectivity index (χ2n) is 11.5. The van der Waals surface area contributed by atoms with Crippen LogP contribution >= 0.6 is 0 Å². The van der Waals surface area contributed by atoms with Gasteiger partial charge in [-0.05, 0) is 84.3 Å². The maximum absolute atomic E-state index is 12.8. The summed E-state index contributed by atoms with van der Waals surface area (Å²) in [6.45, 7) is 4.74. The summed E-state index contributed by atoms with van der Waals surface area (Å²) in [6, 6.07) is 19.2. The van der Waals surface area contributed by atoms with E-state index in [0.717, 1.165) is 31.4 Å². The van der Waals surface area contributed by atoms with E-state index in [0.29, 0.717) is 23.5 Å². The fourth-order valence-electron chi connectivity index (χ4n) is 8.01. The largest absolute Gasteiger partial charge is 0.497 e. The number of ketones is 1. The van der Waals surface area contributed by atoms with Gasteiger partial charge in [-0.15, -0.1) is 0 Å². The molecule has 0 aliphatic heterocycles. The number of hydrogen-bond acceptors (Lipinski definition) is 2. The molecule has 0 aromatic heterocycles. The summed E-state index contributed by atoms with van der Waals surface area (Å²) in [5, 5.41) is 0. The first-order valence-electron chi connectivity index (χ1n) is 13.3. The first-order chi connectivity index (χ1) is 16.9. The van der Waals surface area contributed by atoms with Crippen LogP contribution in [-0.4, -0.2) is 12.9 Å². The lowest BCUT2D eigenvalue weighted by molar-refractivity contribution is -0.131. The second-order valence-corrected chi connectivity index (χ2v) is 11.5. The van der Waals surface area contributed by atoms with Crippen LogP contribution in [0.1, 0.15) is 63.5 Å². The molecule has 180 valence electrons. The average Bonchev–Trinajstić information content (AvgIpc) is 3.19. The van der Waals surface area contributed by atoms with E-state index >= 15 is 0 Å². The Morgan fingerprint density at radius 2 is 1.63 bits per heavy atom. The molecule has 3 saturated carbocycles. The summed E-state index contributed by atoms with van der Waals surface area (Å²) in [5.41, 5.74) is 6.64. The van der Waals surface area contributed by atoms with Crippen molar-refractivity contribution in [1.82, 2.24) is 0 Å². The highest BCUT2D eigenvalue weighted by Crippen LogP contribution is 2.64. The second kappa shape index (κ2) is 8.36. The van der Waals surface area contributed by atoms with Crippen LogP contribution in [0.15, 0.2) is 84.0 Å². The summed E-state index contributed by atoms with van der Waals surface area (Å²) in [4.78, 5) is 12.8. The molecule has 6 rings (SSSR count). The van der Waals surface area contributed by atoms with Crippen molar-refractivity contribution in [2.24, 2.45) is 28.6 Å². The SMILES string of the molecule is COc1ccc(/C(=C2/C=C[C@@]3(C)C(=C2)CC[C@@H]2[C@@H]3CC[C@]3(C)C(=O)CC[C@@H]23)c2ccccc2)cc1. The monoisotopic (exact) mass is 464 g/mol. The third-order valence-electron chi connectivity index (χ3n) is 10.0. The number of fused-ring (bicyclic) bond motifs is 5. The maximum atomic E-state index is 12.8. The minimum absolute atomic E-state index is 0.0585. The van der Waals surface area contributed by atoms with E-state index in [-0.39, 0.29) is 10.8 Å². The molecule has 0 amide bonds. The van der Waals surface area contributed by atoms with Gasteiger partial charge in [-0.25, -0.2) is 0 Å². The molecule has 2 nitrogen and oxygen atoms in total. The summed E-state index contributed by atoms with van der Waals surface area (Å²) in [6.07, 6.45) is 13.9. The van der Waals surface area contributed by atoms with E-state index in [1.165, 1.54) is 35.1 Å². The fourth-order valence-corrected chi connectivity index (χ4v) is 8.01. The molecule has 2 aromatic rings. The van der Waals surface area contributed by atoms with Crippen LogP contribution in [0, 0.1) is 28.6 Å². The molecule has 0 saturated heterocycles. The third kappa shape index (κ3) is 3.48. The number of carbonyl (C=O) groups is 1. The van der Waals surface area contributed by atoms with Gasteiger partial charge in [0.05, 0.1) is 7.11 Å². The van der Waals surface area contributed by atoms with Gasteiger partial charge in [0, 0.05) is 17.3 Å². The van der Waals surface area contributed by atoms with Crippen LogP contribution in [0.2, 0.25) is 0 Å². The number of ether oxygens (including phenoxy) is 1. The van der Waals surface area contributed by atoms with Crippen molar-refractivity contribution in [3.05, 3.63) is 95.1 Å². The van der Waals surface area contributed by atoms with Crippen molar-refractivity contribution in [2.45, 2.75) is 52.4 Å². The van der Waals surface area contributed by atoms with Gasteiger partial charge in [-0.1, -0.05) is 80.1 Å². The quantitative estimate of drug-likeness (QED) is 0.463. The van der Waals surface area contributed by atoms with Crippen molar-refractivity contribution >= 4 is 11.4 Å². The molecule has 0 N–H and O–H groups in total. The molecule has 2 heteroatoms. The third-order valence-corrected chi connectivity index (χ3v) is 10.0. The average molecular weight is 465 g/mol. The van der Waals surface area contributed by atoms with E-state index in [2.05, 4.69) is 86.7 Å². The van der Waals surface area contributed by atoms with E-state index in [1.807, 2.05) is 0 Å². The van der Waals surface area contributed by atoms with Gasteiger partial charge in [-0.3, -0.25) is 4.79 Å². The topological polar surface area (TPSA) is 26.3 Å². The molecule has 0 unspecified atom stereocenters. The van der Waals surface area contributed by atoms with Crippen LogP contribution in [0.4, 0.5) is 0 Å². The van der Waals surface area contributed by atoms with Gasteiger partial charge in [0.2, 0.25) is 0 Å². The molecular weight excluding hydrogens is 428 g/mol. The van der Waals surface area contributed by atoms with Crippen LogP contribution in [0.25, 0.3) is 5.57 Å². The molecule has 4 aliphatic carbocycles. The first-order valence-corrected chi connectivity index (χ1v) is 13.3. The Kier molecular flexibility index (Phi) is 5.40. The van der Waals surface area contributed by atoms with Crippen molar-refractivity contribution in [3.8, 4) is 5.75 Å². The molecule has 0 radical (unpaired) electrons. The fraction of sp³-hybridized carbons (Fsp3) is 0.424. The predicted octanol–water partition coefficient (Wildman–Crippen LogP) is 7.81. The standard InChI is InChI=1S/C33H36O2/c1-32-19-17-24(31(22-7-5-4-6-8-22)23-9-12-26(35-3)13-10-23)21-25(32)11-14-27-28-15-16-30(34)33(28,2)20-18-29(27)32/h4-10,12-13,17,19,21,27-29H,11,14-16,18,20H2,1-3H3/b31-24-/t27-,28-,29-,32-,33-/m0/s1. The number of hydrogen-bond donors (Lipinski definition) is 0.